The molecule has 28 heavy (non-hydrogen) atoms. The van der Waals surface area contributed by atoms with Crippen LogP contribution in [0.15, 0.2) is 30.5 Å². The van der Waals surface area contributed by atoms with Crippen LogP contribution in [0.4, 0.5) is 24.9 Å². The Hall–Kier alpha value is -3.05. The van der Waals surface area contributed by atoms with Crippen LogP contribution in [0.25, 0.3) is 32.2 Å². The zero-order valence-corrected chi connectivity index (χ0v) is 15.3. The van der Waals surface area contributed by atoms with Crippen molar-refractivity contribution in [3.8, 4) is 10.4 Å². The summed E-state index contributed by atoms with van der Waals surface area (Å²) in [4.78, 5) is 21.5. The Balaban J connectivity index is 0.000000279. The SMILES string of the molecule is Nc1nc(N)c2c(cc(-c3ccc(Cl)s3)c3nccc32)[nH]1.O=C(O)C(F)(F)F. The number of benzene rings is 1. The molecule has 0 radical (unpaired) electrons. The van der Waals surface area contributed by atoms with Gasteiger partial charge in [0.2, 0.25) is 0 Å². The summed E-state index contributed by atoms with van der Waals surface area (Å²) in [6.07, 6.45) is -3.32. The van der Waals surface area contributed by atoms with Gasteiger partial charge in [-0.25, -0.2) is 4.79 Å². The molecule has 0 unspecified atom stereocenters. The van der Waals surface area contributed by atoms with Gasteiger partial charge in [-0.3, -0.25) is 4.98 Å². The number of nitrogen functional groups attached to an aromatic ring is 2. The second-order valence-corrected chi connectivity index (χ2v) is 7.18. The molecule has 146 valence electrons. The van der Waals surface area contributed by atoms with E-state index < -0.39 is 12.1 Å². The van der Waals surface area contributed by atoms with E-state index in [1.54, 1.807) is 6.20 Å². The van der Waals surface area contributed by atoms with Crippen LogP contribution in [-0.2, 0) is 4.79 Å². The second-order valence-electron chi connectivity index (χ2n) is 5.47. The number of carbonyl (C=O) groups is 1. The number of aliphatic carboxylic acids is 1. The highest BCUT2D eigenvalue weighted by atomic mass is 35.5. The van der Waals surface area contributed by atoms with Crippen molar-refractivity contribution in [1.29, 1.82) is 0 Å². The van der Waals surface area contributed by atoms with Gasteiger partial charge in [0.1, 0.15) is 5.82 Å². The van der Waals surface area contributed by atoms with E-state index in [-0.39, 0.29) is 5.95 Å². The molecule has 0 saturated carbocycles. The standard InChI is InChI=1S/C14H10ClN5S.C2HF3O2/c15-10-2-1-9(21-10)7-5-8-11(6-3-4-18-12(6)7)13(16)20-14(17)19-8;3-2(4,5)1(6)7/h1-5H,16H2,(H3,17,19,20);(H,6,7). The number of aromatic nitrogens is 3. The van der Waals surface area contributed by atoms with Gasteiger partial charge in [0.15, 0.2) is 5.95 Å². The van der Waals surface area contributed by atoms with E-state index in [1.807, 2.05) is 24.3 Å². The summed E-state index contributed by atoms with van der Waals surface area (Å²) in [5.74, 6) is -2.07. The fraction of sp³-hybridized carbons (Fsp3) is 0.0625. The normalized spacial score (nSPS) is 11.4. The van der Waals surface area contributed by atoms with Gasteiger partial charge < -0.3 is 21.6 Å². The van der Waals surface area contributed by atoms with Crippen molar-refractivity contribution >= 4 is 62.5 Å². The fourth-order valence-electron chi connectivity index (χ4n) is 2.55. The van der Waals surface area contributed by atoms with Crippen molar-refractivity contribution in [2.75, 3.05) is 11.5 Å². The minimum Gasteiger partial charge on any atom is -0.475 e. The number of nitrogens with one attached hydrogen (secondary N) is 1. The van der Waals surface area contributed by atoms with Crippen molar-refractivity contribution < 1.29 is 23.1 Å². The number of alkyl halides is 3. The third-order valence-electron chi connectivity index (χ3n) is 3.62. The maximum absolute atomic E-state index is 10.6. The lowest BCUT2D eigenvalue weighted by Crippen LogP contribution is -2.21. The van der Waals surface area contributed by atoms with Crippen molar-refractivity contribution in [2.24, 2.45) is 0 Å². The topological polar surface area (TPSA) is 131 Å². The number of rotatable bonds is 1. The lowest BCUT2D eigenvalue weighted by Gasteiger charge is -2.08. The highest BCUT2D eigenvalue weighted by Gasteiger charge is 2.38. The lowest BCUT2D eigenvalue weighted by atomic mass is 10.1. The first-order valence-corrected chi connectivity index (χ1v) is 8.65. The maximum Gasteiger partial charge on any atom is 0.490 e. The minimum atomic E-state index is -5.08. The molecule has 3 aromatic heterocycles. The average molecular weight is 430 g/mol. The summed E-state index contributed by atoms with van der Waals surface area (Å²) in [7, 11) is 0. The van der Waals surface area contributed by atoms with Crippen LogP contribution in [-0.4, -0.2) is 32.2 Å². The van der Waals surface area contributed by atoms with Gasteiger partial charge in [-0.05, 0) is 24.3 Å². The zero-order chi connectivity index (χ0) is 20.6. The van der Waals surface area contributed by atoms with Crippen LogP contribution < -0.4 is 11.5 Å². The van der Waals surface area contributed by atoms with E-state index in [1.165, 1.54) is 11.3 Å². The number of H-pyrrole nitrogens is 1. The predicted molar refractivity (Wildman–Crippen MR) is 102 cm³/mol. The number of carboxylic acids is 1. The minimum absolute atomic E-state index is 0.286. The third-order valence-corrected chi connectivity index (χ3v) is 4.89. The quantitative estimate of drug-likeness (QED) is 0.357. The Morgan fingerprint density at radius 2 is 1.93 bits per heavy atom. The molecule has 0 fully saturated rings. The van der Waals surface area contributed by atoms with Gasteiger partial charge >= 0.3 is 12.1 Å². The summed E-state index contributed by atoms with van der Waals surface area (Å²) in [5.41, 5.74) is 14.5. The van der Waals surface area contributed by atoms with Crippen LogP contribution in [0.3, 0.4) is 0 Å². The predicted octanol–water partition coefficient (Wildman–Crippen LogP) is 4.29. The first-order chi connectivity index (χ1) is 13.1. The molecule has 1 aromatic carbocycles. The Morgan fingerprint density at radius 1 is 1.25 bits per heavy atom. The molecule has 0 amide bonds. The molecule has 3 heterocycles. The van der Waals surface area contributed by atoms with E-state index in [0.29, 0.717) is 5.82 Å². The molecule has 0 aliphatic heterocycles. The summed E-state index contributed by atoms with van der Waals surface area (Å²) in [5, 5.41) is 8.91. The summed E-state index contributed by atoms with van der Waals surface area (Å²) < 4.78 is 32.5. The van der Waals surface area contributed by atoms with Crippen LogP contribution in [0.2, 0.25) is 4.34 Å². The molecule has 0 spiro atoms. The highest BCUT2D eigenvalue weighted by Crippen LogP contribution is 2.39. The van der Waals surface area contributed by atoms with Gasteiger partial charge in [-0.1, -0.05) is 11.6 Å². The molecular formula is C16H11ClF3N5O2S. The van der Waals surface area contributed by atoms with Crippen LogP contribution >= 0.6 is 22.9 Å². The van der Waals surface area contributed by atoms with Crippen molar-refractivity contribution in [3.05, 3.63) is 34.8 Å². The number of carboxylic acid groups (broad SMARTS) is 1. The van der Waals surface area contributed by atoms with Gasteiger partial charge in [0, 0.05) is 27.4 Å². The van der Waals surface area contributed by atoms with Gasteiger partial charge in [0.05, 0.1) is 15.4 Å². The lowest BCUT2D eigenvalue weighted by molar-refractivity contribution is -0.192. The highest BCUT2D eigenvalue weighted by molar-refractivity contribution is 7.19. The van der Waals surface area contributed by atoms with Gasteiger partial charge in [0.25, 0.3) is 0 Å². The number of nitrogens with two attached hydrogens (primary N) is 2. The first-order valence-electron chi connectivity index (χ1n) is 7.46. The van der Waals surface area contributed by atoms with E-state index in [4.69, 9.17) is 33.0 Å². The smallest absolute Gasteiger partial charge is 0.475 e. The van der Waals surface area contributed by atoms with Crippen molar-refractivity contribution in [1.82, 2.24) is 15.0 Å². The fourth-order valence-corrected chi connectivity index (χ4v) is 3.61. The average Bonchev–Trinajstić information content (AvgIpc) is 3.22. The summed E-state index contributed by atoms with van der Waals surface area (Å²) in [6.45, 7) is 0. The molecule has 6 N–H and O–H groups in total. The Morgan fingerprint density at radius 3 is 2.50 bits per heavy atom. The zero-order valence-electron chi connectivity index (χ0n) is 13.7. The van der Waals surface area contributed by atoms with E-state index in [2.05, 4.69) is 15.0 Å². The number of halogens is 4. The number of nitrogens with zero attached hydrogens (tertiary/aromatic N) is 2. The monoisotopic (exact) mass is 429 g/mol. The maximum atomic E-state index is 10.6. The molecule has 0 aliphatic carbocycles. The molecule has 0 atom stereocenters. The molecule has 4 rings (SSSR count). The Labute approximate surface area is 163 Å². The molecule has 0 saturated heterocycles. The number of thiophene rings is 1. The number of hydrogen-bond acceptors (Lipinski definition) is 6. The van der Waals surface area contributed by atoms with Gasteiger partial charge in [-0.15, -0.1) is 11.3 Å². The molecular weight excluding hydrogens is 419 g/mol. The molecule has 7 nitrogen and oxygen atoms in total. The Kier molecular flexibility index (Phi) is 5.04. The number of fused-ring (bicyclic) bond motifs is 3. The van der Waals surface area contributed by atoms with Gasteiger partial charge in [-0.2, -0.15) is 18.2 Å². The molecule has 12 heteroatoms. The van der Waals surface area contributed by atoms with E-state index >= 15 is 0 Å². The van der Waals surface area contributed by atoms with Crippen molar-refractivity contribution in [2.45, 2.75) is 6.18 Å². The summed E-state index contributed by atoms with van der Waals surface area (Å²) in [6, 6.07) is 7.77. The second kappa shape index (κ2) is 7.17. The van der Waals surface area contributed by atoms with Crippen LogP contribution in [0.1, 0.15) is 0 Å². The number of anilines is 2. The Bertz CT molecular complexity index is 1190. The molecule has 4 aromatic rings. The number of hydrogen-bond donors (Lipinski definition) is 4. The largest absolute Gasteiger partial charge is 0.490 e. The molecule has 0 aliphatic rings. The van der Waals surface area contributed by atoms with Crippen molar-refractivity contribution in [3.63, 3.8) is 0 Å². The van der Waals surface area contributed by atoms with Crippen LogP contribution in [0.5, 0.6) is 0 Å². The van der Waals surface area contributed by atoms with Crippen LogP contribution in [0, 0.1) is 0 Å². The first kappa shape index (κ1) is 19.7. The third kappa shape index (κ3) is 3.80. The summed E-state index contributed by atoms with van der Waals surface area (Å²) >= 11 is 7.55. The van der Waals surface area contributed by atoms with E-state index in [0.717, 1.165) is 36.6 Å². The molecule has 0 bridgehead atoms. The van der Waals surface area contributed by atoms with E-state index in [9.17, 15) is 13.2 Å². The number of aromatic amines is 1.